The fourth-order valence-electron chi connectivity index (χ4n) is 1.94. The third-order valence-corrected chi connectivity index (χ3v) is 2.91. The first kappa shape index (κ1) is 11.9. The molecule has 0 saturated heterocycles. The summed E-state index contributed by atoms with van der Waals surface area (Å²) in [6.07, 6.45) is 0. The number of aryl methyl sites for hydroxylation is 3. The standard InChI is InChI=1S/C15H19NO/c1-11-4-6-14(12(2)8-11)9-16-10-15-7-5-13(3)17-15/h4-8,16H,9-10H2,1-3H3. The van der Waals surface area contributed by atoms with Crippen molar-refractivity contribution < 1.29 is 4.42 Å². The third kappa shape index (κ3) is 3.21. The van der Waals surface area contributed by atoms with E-state index in [0.29, 0.717) is 0 Å². The van der Waals surface area contributed by atoms with Crippen molar-refractivity contribution in [3.63, 3.8) is 0 Å². The molecule has 1 aromatic carbocycles. The summed E-state index contributed by atoms with van der Waals surface area (Å²) in [4.78, 5) is 0. The molecule has 0 aliphatic heterocycles. The fourth-order valence-corrected chi connectivity index (χ4v) is 1.94. The molecule has 0 unspecified atom stereocenters. The van der Waals surface area contributed by atoms with Gasteiger partial charge in [-0.15, -0.1) is 0 Å². The first-order valence-electron chi connectivity index (χ1n) is 5.97. The minimum Gasteiger partial charge on any atom is -0.465 e. The van der Waals surface area contributed by atoms with Gasteiger partial charge in [0.05, 0.1) is 6.54 Å². The minimum atomic E-state index is 0.779. The van der Waals surface area contributed by atoms with Crippen molar-refractivity contribution >= 4 is 0 Å². The highest BCUT2D eigenvalue weighted by Crippen LogP contribution is 2.11. The molecule has 0 fully saturated rings. The zero-order valence-electron chi connectivity index (χ0n) is 10.7. The van der Waals surface area contributed by atoms with Crippen molar-refractivity contribution in [1.82, 2.24) is 5.32 Å². The van der Waals surface area contributed by atoms with Gasteiger partial charge in [0.1, 0.15) is 11.5 Å². The average molecular weight is 229 g/mol. The van der Waals surface area contributed by atoms with Crippen LogP contribution in [0.3, 0.4) is 0 Å². The predicted molar refractivity (Wildman–Crippen MR) is 69.9 cm³/mol. The quantitative estimate of drug-likeness (QED) is 0.868. The van der Waals surface area contributed by atoms with Gasteiger partial charge in [-0.05, 0) is 44.0 Å². The SMILES string of the molecule is Cc1ccc(CNCc2ccc(C)o2)c(C)c1. The van der Waals surface area contributed by atoms with Crippen molar-refractivity contribution in [3.8, 4) is 0 Å². The van der Waals surface area contributed by atoms with E-state index in [1.807, 2.05) is 19.1 Å². The summed E-state index contributed by atoms with van der Waals surface area (Å²) in [7, 11) is 0. The number of furan rings is 1. The zero-order valence-corrected chi connectivity index (χ0v) is 10.7. The first-order chi connectivity index (χ1) is 8.15. The summed E-state index contributed by atoms with van der Waals surface area (Å²) in [6, 6.07) is 10.6. The second kappa shape index (κ2) is 5.19. The Bertz CT molecular complexity index is 499. The van der Waals surface area contributed by atoms with Crippen LogP contribution in [0.1, 0.15) is 28.2 Å². The van der Waals surface area contributed by atoms with Crippen LogP contribution in [0.15, 0.2) is 34.7 Å². The molecule has 0 aliphatic rings. The van der Waals surface area contributed by atoms with Crippen LogP contribution in [0.4, 0.5) is 0 Å². The Morgan fingerprint density at radius 3 is 2.47 bits per heavy atom. The zero-order chi connectivity index (χ0) is 12.3. The summed E-state index contributed by atoms with van der Waals surface area (Å²) >= 11 is 0. The molecule has 1 heterocycles. The van der Waals surface area contributed by atoms with E-state index in [1.165, 1.54) is 16.7 Å². The molecule has 0 aliphatic carbocycles. The molecule has 0 saturated carbocycles. The second-order valence-electron chi connectivity index (χ2n) is 4.55. The summed E-state index contributed by atoms with van der Waals surface area (Å²) in [5.41, 5.74) is 4.00. The molecule has 0 spiro atoms. The predicted octanol–water partition coefficient (Wildman–Crippen LogP) is 3.49. The second-order valence-corrected chi connectivity index (χ2v) is 4.55. The van der Waals surface area contributed by atoms with Crippen LogP contribution in [-0.2, 0) is 13.1 Å². The summed E-state index contributed by atoms with van der Waals surface area (Å²) in [5.74, 6) is 1.96. The highest BCUT2D eigenvalue weighted by molar-refractivity contribution is 5.30. The molecule has 2 aromatic rings. The highest BCUT2D eigenvalue weighted by Gasteiger charge is 2.00. The molecule has 90 valence electrons. The van der Waals surface area contributed by atoms with Gasteiger partial charge < -0.3 is 9.73 Å². The molecule has 1 aromatic heterocycles. The molecule has 1 N–H and O–H groups in total. The molecule has 0 amide bonds. The van der Waals surface area contributed by atoms with E-state index in [1.54, 1.807) is 0 Å². The Morgan fingerprint density at radius 2 is 1.82 bits per heavy atom. The van der Waals surface area contributed by atoms with Crippen LogP contribution in [0.5, 0.6) is 0 Å². The molecule has 17 heavy (non-hydrogen) atoms. The maximum absolute atomic E-state index is 5.51. The Labute approximate surface area is 103 Å². The van der Waals surface area contributed by atoms with E-state index in [2.05, 4.69) is 37.4 Å². The van der Waals surface area contributed by atoms with Crippen LogP contribution in [0.2, 0.25) is 0 Å². The van der Waals surface area contributed by atoms with Crippen molar-refractivity contribution in [2.45, 2.75) is 33.9 Å². The molecule has 0 radical (unpaired) electrons. The van der Waals surface area contributed by atoms with Crippen LogP contribution in [-0.4, -0.2) is 0 Å². The van der Waals surface area contributed by atoms with Gasteiger partial charge in [0.2, 0.25) is 0 Å². The lowest BCUT2D eigenvalue weighted by Crippen LogP contribution is -2.13. The molecule has 2 nitrogen and oxygen atoms in total. The molecule has 0 atom stereocenters. The largest absolute Gasteiger partial charge is 0.465 e. The highest BCUT2D eigenvalue weighted by atomic mass is 16.3. The number of nitrogens with one attached hydrogen (secondary N) is 1. The van der Waals surface area contributed by atoms with Crippen LogP contribution in [0, 0.1) is 20.8 Å². The Morgan fingerprint density at radius 1 is 1.00 bits per heavy atom. The lowest BCUT2D eigenvalue weighted by Gasteiger charge is -2.07. The summed E-state index contributed by atoms with van der Waals surface area (Å²) in [5, 5.41) is 3.40. The van der Waals surface area contributed by atoms with Crippen molar-refractivity contribution in [2.24, 2.45) is 0 Å². The van der Waals surface area contributed by atoms with E-state index in [9.17, 15) is 0 Å². The Balaban J connectivity index is 1.90. The van der Waals surface area contributed by atoms with Gasteiger partial charge in [0, 0.05) is 6.54 Å². The average Bonchev–Trinajstić information content (AvgIpc) is 2.68. The monoisotopic (exact) mass is 229 g/mol. The first-order valence-corrected chi connectivity index (χ1v) is 5.97. The lowest BCUT2D eigenvalue weighted by atomic mass is 10.1. The number of hydrogen-bond donors (Lipinski definition) is 1. The minimum absolute atomic E-state index is 0.779. The van der Waals surface area contributed by atoms with E-state index < -0.39 is 0 Å². The summed E-state index contributed by atoms with van der Waals surface area (Å²) < 4.78 is 5.51. The molecule has 2 heteroatoms. The molecular weight excluding hydrogens is 210 g/mol. The Kier molecular flexibility index (Phi) is 3.64. The van der Waals surface area contributed by atoms with Gasteiger partial charge in [-0.2, -0.15) is 0 Å². The summed E-state index contributed by atoms with van der Waals surface area (Å²) in [6.45, 7) is 7.90. The maximum atomic E-state index is 5.51. The topological polar surface area (TPSA) is 25.2 Å². The van der Waals surface area contributed by atoms with Gasteiger partial charge in [-0.3, -0.25) is 0 Å². The number of benzene rings is 1. The van der Waals surface area contributed by atoms with E-state index in [0.717, 1.165) is 24.6 Å². The van der Waals surface area contributed by atoms with E-state index >= 15 is 0 Å². The van der Waals surface area contributed by atoms with Crippen LogP contribution < -0.4 is 5.32 Å². The molecule has 2 rings (SSSR count). The number of hydrogen-bond acceptors (Lipinski definition) is 2. The van der Waals surface area contributed by atoms with Crippen LogP contribution >= 0.6 is 0 Å². The van der Waals surface area contributed by atoms with Crippen LogP contribution in [0.25, 0.3) is 0 Å². The van der Waals surface area contributed by atoms with Gasteiger partial charge >= 0.3 is 0 Å². The van der Waals surface area contributed by atoms with E-state index in [4.69, 9.17) is 4.42 Å². The molecule has 0 bridgehead atoms. The van der Waals surface area contributed by atoms with Gasteiger partial charge in [-0.25, -0.2) is 0 Å². The molecular formula is C15H19NO. The Hall–Kier alpha value is -1.54. The van der Waals surface area contributed by atoms with Crippen molar-refractivity contribution in [3.05, 3.63) is 58.5 Å². The normalized spacial score (nSPS) is 10.8. The van der Waals surface area contributed by atoms with Gasteiger partial charge in [0.25, 0.3) is 0 Å². The maximum Gasteiger partial charge on any atom is 0.117 e. The van der Waals surface area contributed by atoms with E-state index in [-0.39, 0.29) is 0 Å². The smallest absolute Gasteiger partial charge is 0.117 e. The van der Waals surface area contributed by atoms with Gasteiger partial charge in [-0.1, -0.05) is 23.8 Å². The van der Waals surface area contributed by atoms with Crippen molar-refractivity contribution in [1.29, 1.82) is 0 Å². The van der Waals surface area contributed by atoms with Gasteiger partial charge in [0.15, 0.2) is 0 Å². The number of rotatable bonds is 4. The van der Waals surface area contributed by atoms with Crippen molar-refractivity contribution in [2.75, 3.05) is 0 Å². The fraction of sp³-hybridized carbons (Fsp3) is 0.333. The lowest BCUT2D eigenvalue weighted by molar-refractivity contribution is 0.461. The third-order valence-electron chi connectivity index (χ3n) is 2.91.